The lowest BCUT2D eigenvalue weighted by Crippen LogP contribution is -2.41. The fourth-order valence-electron chi connectivity index (χ4n) is 3.07. The summed E-state index contributed by atoms with van der Waals surface area (Å²) < 4.78 is 10.7. The lowest BCUT2D eigenvalue weighted by molar-refractivity contribution is 0.143. The summed E-state index contributed by atoms with van der Waals surface area (Å²) in [5.41, 5.74) is 2.62. The average molecular weight is 368 g/mol. The standard InChI is InChI=1S/C21H28N4O2/c1-22-20(25-16-21(10-11-21)18-8-4-3-5-9-18)24-15-17-7-6-12-23-19(17)27-14-13-26-2/h3-9,12H,10-11,13-16H2,1-2H3,(H2,22,24,25). The van der Waals surface area contributed by atoms with Gasteiger partial charge in [0.25, 0.3) is 0 Å². The second-order valence-electron chi connectivity index (χ2n) is 6.73. The topological polar surface area (TPSA) is 67.8 Å². The van der Waals surface area contributed by atoms with Crippen LogP contribution < -0.4 is 15.4 Å². The normalized spacial score (nSPS) is 15.3. The van der Waals surface area contributed by atoms with Crippen molar-refractivity contribution in [2.45, 2.75) is 24.8 Å². The lowest BCUT2D eigenvalue weighted by atomic mass is 9.96. The molecule has 0 spiro atoms. The van der Waals surface area contributed by atoms with Gasteiger partial charge >= 0.3 is 0 Å². The third kappa shape index (κ3) is 5.20. The molecule has 1 heterocycles. The summed E-state index contributed by atoms with van der Waals surface area (Å²) >= 11 is 0. The minimum absolute atomic E-state index is 0.238. The molecule has 1 fully saturated rings. The summed E-state index contributed by atoms with van der Waals surface area (Å²) in [5, 5.41) is 6.83. The fraction of sp³-hybridized carbons (Fsp3) is 0.429. The highest BCUT2D eigenvalue weighted by Gasteiger charge is 2.43. The number of ether oxygens (including phenoxy) is 2. The molecule has 27 heavy (non-hydrogen) atoms. The smallest absolute Gasteiger partial charge is 0.218 e. The van der Waals surface area contributed by atoms with E-state index < -0.39 is 0 Å². The molecule has 1 aliphatic carbocycles. The molecule has 0 aliphatic heterocycles. The Hall–Kier alpha value is -2.60. The largest absolute Gasteiger partial charge is 0.475 e. The highest BCUT2D eigenvalue weighted by atomic mass is 16.5. The molecule has 0 amide bonds. The lowest BCUT2D eigenvalue weighted by Gasteiger charge is -2.19. The number of benzene rings is 1. The van der Waals surface area contributed by atoms with E-state index in [1.807, 2.05) is 12.1 Å². The molecular formula is C21H28N4O2. The van der Waals surface area contributed by atoms with Gasteiger partial charge in [0.2, 0.25) is 5.88 Å². The SMILES string of the molecule is CN=C(NCc1cccnc1OCCOC)NCC1(c2ccccc2)CC1. The molecule has 0 bridgehead atoms. The second kappa shape index (κ2) is 9.37. The van der Waals surface area contributed by atoms with Crippen molar-refractivity contribution >= 4 is 5.96 Å². The van der Waals surface area contributed by atoms with Gasteiger partial charge in [-0.25, -0.2) is 4.98 Å². The third-order valence-electron chi connectivity index (χ3n) is 4.88. The van der Waals surface area contributed by atoms with Crippen LogP contribution in [0.1, 0.15) is 24.0 Å². The van der Waals surface area contributed by atoms with E-state index in [1.54, 1.807) is 20.4 Å². The van der Waals surface area contributed by atoms with Crippen LogP contribution >= 0.6 is 0 Å². The summed E-state index contributed by atoms with van der Waals surface area (Å²) in [6.07, 6.45) is 4.15. The zero-order chi connectivity index (χ0) is 19.0. The van der Waals surface area contributed by atoms with E-state index in [1.165, 1.54) is 18.4 Å². The minimum atomic E-state index is 0.238. The summed E-state index contributed by atoms with van der Waals surface area (Å²) in [7, 11) is 3.44. The predicted molar refractivity (Wildman–Crippen MR) is 107 cm³/mol. The van der Waals surface area contributed by atoms with Crippen molar-refractivity contribution in [3.05, 3.63) is 59.8 Å². The van der Waals surface area contributed by atoms with E-state index >= 15 is 0 Å². The Bertz CT molecular complexity index is 745. The molecule has 1 aliphatic rings. The van der Waals surface area contributed by atoms with Crippen LogP contribution in [0.15, 0.2) is 53.7 Å². The predicted octanol–water partition coefficient (Wildman–Crippen LogP) is 2.50. The van der Waals surface area contributed by atoms with Crippen LogP contribution in [0.5, 0.6) is 5.88 Å². The van der Waals surface area contributed by atoms with Gasteiger partial charge in [0.15, 0.2) is 5.96 Å². The number of methoxy groups -OCH3 is 1. The number of aliphatic imine (C=N–C) groups is 1. The van der Waals surface area contributed by atoms with Crippen LogP contribution in [0.4, 0.5) is 0 Å². The molecule has 1 saturated carbocycles. The third-order valence-corrected chi connectivity index (χ3v) is 4.88. The van der Waals surface area contributed by atoms with Gasteiger partial charge in [-0.3, -0.25) is 4.99 Å². The highest BCUT2D eigenvalue weighted by Crippen LogP contribution is 2.47. The van der Waals surface area contributed by atoms with Gasteiger partial charge in [-0.1, -0.05) is 36.4 Å². The Balaban J connectivity index is 1.53. The van der Waals surface area contributed by atoms with Gasteiger partial charge in [-0.05, 0) is 24.5 Å². The molecule has 144 valence electrons. The summed E-state index contributed by atoms with van der Waals surface area (Å²) in [6.45, 7) is 2.48. The van der Waals surface area contributed by atoms with Crippen LogP contribution in [0.25, 0.3) is 0 Å². The highest BCUT2D eigenvalue weighted by molar-refractivity contribution is 5.79. The van der Waals surface area contributed by atoms with Gasteiger partial charge in [0, 0.05) is 44.4 Å². The second-order valence-corrected chi connectivity index (χ2v) is 6.73. The molecule has 6 heteroatoms. The molecule has 2 N–H and O–H groups in total. The van der Waals surface area contributed by atoms with Gasteiger partial charge in [0.05, 0.1) is 6.61 Å². The number of rotatable bonds is 9. The molecule has 0 saturated heterocycles. The van der Waals surface area contributed by atoms with Crippen molar-refractivity contribution < 1.29 is 9.47 Å². The Morgan fingerprint density at radius 1 is 1.11 bits per heavy atom. The number of pyridine rings is 1. The van der Waals surface area contributed by atoms with E-state index in [0.717, 1.165) is 18.1 Å². The maximum Gasteiger partial charge on any atom is 0.218 e. The quantitative estimate of drug-likeness (QED) is 0.404. The van der Waals surface area contributed by atoms with Crippen molar-refractivity contribution in [2.75, 3.05) is 33.9 Å². The molecule has 1 aromatic carbocycles. The van der Waals surface area contributed by atoms with Gasteiger partial charge in [-0.15, -0.1) is 0 Å². The molecule has 0 atom stereocenters. The van der Waals surface area contributed by atoms with Crippen molar-refractivity contribution in [1.82, 2.24) is 15.6 Å². The van der Waals surface area contributed by atoms with E-state index in [0.29, 0.717) is 25.6 Å². The van der Waals surface area contributed by atoms with E-state index in [-0.39, 0.29) is 5.41 Å². The molecule has 2 aromatic rings. The number of hydrogen-bond donors (Lipinski definition) is 2. The summed E-state index contributed by atoms with van der Waals surface area (Å²) in [5.74, 6) is 1.41. The summed E-state index contributed by atoms with van der Waals surface area (Å²) in [6, 6.07) is 14.6. The van der Waals surface area contributed by atoms with E-state index in [9.17, 15) is 0 Å². The Morgan fingerprint density at radius 2 is 1.93 bits per heavy atom. The van der Waals surface area contributed by atoms with Crippen LogP contribution in [0.3, 0.4) is 0 Å². The maximum atomic E-state index is 5.69. The number of aromatic nitrogens is 1. The van der Waals surface area contributed by atoms with Crippen molar-refractivity contribution in [3.63, 3.8) is 0 Å². The Kier molecular flexibility index (Phi) is 6.65. The van der Waals surface area contributed by atoms with Crippen LogP contribution in [-0.2, 0) is 16.7 Å². The fourth-order valence-corrected chi connectivity index (χ4v) is 3.07. The molecular weight excluding hydrogens is 340 g/mol. The zero-order valence-electron chi connectivity index (χ0n) is 16.1. The number of guanidine groups is 1. The van der Waals surface area contributed by atoms with Crippen LogP contribution in [-0.4, -0.2) is 44.9 Å². The van der Waals surface area contributed by atoms with Crippen LogP contribution in [0, 0.1) is 0 Å². The average Bonchev–Trinajstić information content (AvgIpc) is 3.51. The van der Waals surface area contributed by atoms with Crippen LogP contribution in [0.2, 0.25) is 0 Å². The first-order valence-corrected chi connectivity index (χ1v) is 9.33. The molecule has 6 nitrogen and oxygen atoms in total. The zero-order valence-corrected chi connectivity index (χ0v) is 16.1. The van der Waals surface area contributed by atoms with Gasteiger partial charge < -0.3 is 20.1 Å². The molecule has 3 rings (SSSR count). The van der Waals surface area contributed by atoms with Gasteiger partial charge in [-0.2, -0.15) is 0 Å². The van der Waals surface area contributed by atoms with Gasteiger partial charge in [0.1, 0.15) is 6.61 Å². The number of nitrogens with one attached hydrogen (secondary N) is 2. The molecule has 1 aromatic heterocycles. The first kappa shape index (κ1) is 19.2. The van der Waals surface area contributed by atoms with Crippen molar-refractivity contribution in [3.8, 4) is 5.88 Å². The molecule has 0 radical (unpaired) electrons. The molecule has 0 unspecified atom stereocenters. The maximum absolute atomic E-state index is 5.69. The monoisotopic (exact) mass is 368 g/mol. The van der Waals surface area contributed by atoms with Crippen molar-refractivity contribution in [1.29, 1.82) is 0 Å². The Morgan fingerprint density at radius 3 is 2.63 bits per heavy atom. The van der Waals surface area contributed by atoms with Crippen molar-refractivity contribution in [2.24, 2.45) is 4.99 Å². The number of nitrogens with zero attached hydrogens (tertiary/aromatic N) is 2. The summed E-state index contributed by atoms with van der Waals surface area (Å²) in [4.78, 5) is 8.66. The van der Waals surface area contributed by atoms with E-state index in [4.69, 9.17) is 9.47 Å². The Labute approximate surface area is 161 Å². The van der Waals surface area contributed by atoms with E-state index in [2.05, 4.69) is 50.9 Å². The first-order chi connectivity index (χ1) is 13.3. The minimum Gasteiger partial charge on any atom is -0.475 e. The number of hydrogen-bond acceptors (Lipinski definition) is 4. The first-order valence-electron chi connectivity index (χ1n) is 9.33.